The highest BCUT2D eigenvalue weighted by molar-refractivity contribution is 5.86. The number of aromatic nitrogens is 1. The number of hydrogen-bond donors (Lipinski definition) is 1. The van der Waals surface area contributed by atoms with Gasteiger partial charge >= 0.3 is 6.09 Å². The Hall–Kier alpha value is -3.09. The minimum Gasteiger partial charge on any atom is -0.444 e. The van der Waals surface area contributed by atoms with Gasteiger partial charge in [0.2, 0.25) is 5.91 Å². The molecule has 0 bridgehead atoms. The summed E-state index contributed by atoms with van der Waals surface area (Å²) in [5.74, 6) is 1.42. The molecule has 1 aliphatic carbocycles. The van der Waals surface area contributed by atoms with E-state index in [0.717, 1.165) is 63.9 Å². The predicted octanol–water partition coefficient (Wildman–Crippen LogP) is 5.96. The molecule has 2 aromatic rings. The molecule has 2 aliphatic heterocycles. The summed E-state index contributed by atoms with van der Waals surface area (Å²) >= 11 is 0. The number of pyridine rings is 1. The molecule has 0 unspecified atom stereocenters. The molecule has 2 fully saturated rings. The second kappa shape index (κ2) is 11.3. The van der Waals surface area contributed by atoms with E-state index in [1.807, 2.05) is 31.9 Å². The van der Waals surface area contributed by atoms with E-state index in [-0.39, 0.29) is 17.7 Å². The number of nitrogens with zero attached hydrogens (tertiary/aromatic N) is 3. The van der Waals surface area contributed by atoms with Gasteiger partial charge < -0.3 is 19.9 Å². The number of para-hydroxylation sites is 1. The molecular weight excluding hydrogens is 476 g/mol. The van der Waals surface area contributed by atoms with Gasteiger partial charge in [0.1, 0.15) is 17.5 Å². The zero-order chi connectivity index (χ0) is 26.7. The number of amides is 2. The second-order valence-corrected chi connectivity index (χ2v) is 12.1. The molecule has 2 atom stereocenters. The van der Waals surface area contributed by atoms with Crippen LogP contribution in [-0.2, 0) is 16.0 Å². The Balaban J connectivity index is 1.31. The first-order valence-corrected chi connectivity index (χ1v) is 14.4. The van der Waals surface area contributed by atoms with Crippen LogP contribution >= 0.6 is 0 Å². The summed E-state index contributed by atoms with van der Waals surface area (Å²) in [6.45, 7) is 7.88. The van der Waals surface area contributed by atoms with Crippen LogP contribution in [0.15, 0.2) is 42.6 Å². The van der Waals surface area contributed by atoms with E-state index in [1.54, 1.807) is 0 Å². The number of likely N-dealkylation sites (tertiary alicyclic amines) is 1. The van der Waals surface area contributed by atoms with Crippen LogP contribution in [0.5, 0.6) is 0 Å². The van der Waals surface area contributed by atoms with Crippen molar-refractivity contribution in [1.29, 1.82) is 0 Å². The summed E-state index contributed by atoms with van der Waals surface area (Å²) in [6, 6.07) is 12.3. The lowest BCUT2D eigenvalue weighted by Crippen LogP contribution is -2.55. The maximum absolute atomic E-state index is 13.9. The van der Waals surface area contributed by atoms with Gasteiger partial charge in [-0.15, -0.1) is 0 Å². The number of carbonyl (C=O) groups excluding carboxylic acids is 2. The Morgan fingerprint density at radius 2 is 1.82 bits per heavy atom. The van der Waals surface area contributed by atoms with Crippen molar-refractivity contribution in [2.24, 2.45) is 5.92 Å². The smallest absolute Gasteiger partial charge is 0.408 e. The first kappa shape index (κ1) is 26.5. The van der Waals surface area contributed by atoms with Crippen molar-refractivity contribution in [2.45, 2.75) is 89.7 Å². The van der Waals surface area contributed by atoms with Crippen LogP contribution in [0.25, 0.3) is 0 Å². The summed E-state index contributed by atoms with van der Waals surface area (Å²) < 4.78 is 5.54. The summed E-state index contributed by atoms with van der Waals surface area (Å²) in [7, 11) is 0. The summed E-state index contributed by atoms with van der Waals surface area (Å²) in [4.78, 5) is 35.6. The number of fused-ring (bicyclic) bond motifs is 1. The van der Waals surface area contributed by atoms with E-state index in [4.69, 9.17) is 9.72 Å². The minimum atomic E-state index is -0.602. The third kappa shape index (κ3) is 6.13. The highest BCUT2D eigenvalue weighted by Crippen LogP contribution is 2.36. The first-order chi connectivity index (χ1) is 18.3. The Morgan fingerprint density at radius 1 is 1.03 bits per heavy atom. The predicted molar refractivity (Wildman–Crippen MR) is 150 cm³/mol. The van der Waals surface area contributed by atoms with Crippen LogP contribution in [0.2, 0.25) is 0 Å². The molecular formula is C31H42N4O3. The van der Waals surface area contributed by atoms with Gasteiger partial charge in [0.25, 0.3) is 0 Å². The summed E-state index contributed by atoms with van der Waals surface area (Å²) in [5, 5.41) is 2.98. The van der Waals surface area contributed by atoms with Gasteiger partial charge in [-0.1, -0.05) is 37.5 Å². The van der Waals surface area contributed by atoms with Crippen molar-refractivity contribution >= 4 is 23.5 Å². The van der Waals surface area contributed by atoms with Crippen molar-refractivity contribution in [3.8, 4) is 0 Å². The molecule has 2 amide bonds. The molecule has 1 N–H and O–H groups in total. The van der Waals surface area contributed by atoms with Gasteiger partial charge in [-0.3, -0.25) is 4.79 Å². The Labute approximate surface area is 226 Å². The van der Waals surface area contributed by atoms with E-state index in [2.05, 4.69) is 46.6 Å². The van der Waals surface area contributed by atoms with Crippen molar-refractivity contribution in [3.05, 3.63) is 53.7 Å². The highest BCUT2D eigenvalue weighted by atomic mass is 16.6. The second-order valence-electron chi connectivity index (χ2n) is 12.1. The highest BCUT2D eigenvalue weighted by Gasteiger charge is 2.37. The lowest BCUT2D eigenvalue weighted by atomic mass is 9.82. The van der Waals surface area contributed by atoms with Gasteiger partial charge in [-0.2, -0.15) is 0 Å². The molecule has 0 spiro atoms. The van der Waals surface area contributed by atoms with Gasteiger partial charge in [0, 0.05) is 37.4 Å². The molecule has 204 valence electrons. The quantitative estimate of drug-likeness (QED) is 0.529. The van der Waals surface area contributed by atoms with E-state index in [0.29, 0.717) is 6.54 Å². The van der Waals surface area contributed by atoms with E-state index >= 15 is 0 Å². The Morgan fingerprint density at radius 3 is 2.61 bits per heavy atom. The van der Waals surface area contributed by atoms with E-state index in [9.17, 15) is 9.59 Å². The number of alkyl carbamates (subject to hydrolysis) is 1. The number of hydrogen-bond acceptors (Lipinski definition) is 5. The summed E-state index contributed by atoms with van der Waals surface area (Å²) in [6.07, 6.45) is 9.76. The molecule has 5 rings (SSSR count). The third-order valence-electron chi connectivity index (χ3n) is 8.20. The van der Waals surface area contributed by atoms with Gasteiger partial charge in [-0.25, -0.2) is 9.78 Å². The average Bonchev–Trinajstić information content (AvgIpc) is 3.35. The molecule has 7 heteroatoms. The van der Waals surface area contributed by atoms with Crippen LogP contribution in [0.3, 0.4) is 0 Å². The topological polar surface area (TPSA) is 74.8 Å². The third-order valence-corrected chi connectivity index (χ3v) is 8.20. The number of piperidine rings is 1. The van der Waals surface area contributed by atoms with Crippen LogP contribution < -0.4 is 10.2 Å². The molecule has 3 aliphatic rings. The number of rotatable bonds is 5. The molecule has 1 saturated carbocycles. The number of anilines is 2. The van der Waals surface area contributed by atoms with Gasteiger partial charge in [-0.05, 0) is 88.1 Å². The van der Waals surface area contributed by atoms with Crippen LogP contribution in [0.1, 0.15) is 82.8 Å². The van der Waals surface area contributed by atoms with E-state index < -0.39 is 17.7 Å². The van der Waals surface area contributed by atoms with Crippen LogP contribution in [0.4, 0.5) is 16.3 Å². The molecule has 1 saturated heterocycles. The molecule has 0 radical (unpaired) electrons. The number of ether oxygens (including phenoxy) is 1. The molecule has 1 aromatic heterocycles. The fourth-order valence-electron chi connectivity index (χ4n) is 6.34. The maximum Gasteiger partial charge on any atom is 0.408 e. The standard InChI is InChI=1S/C31H42N4O3/c1-31(2,3)38-30(37)33-28(23-11-5-4-6-12-23)29(36)34-18-9-13-25(21-34)24-15-17-32-27(20-24)35-19-16-22-10-7-8-14-26(22)35/h7-8,10,14-15,17,20,23,25,28H,4-6,9,11-13,16,18-19,21H2,1-3H3,(H,33,37)/t25-,28+/m1/s1. The number of benzene rings is 1. The van der Waals surface area contributed by atoms with Crippen molar-refractivity contribution < 1.29 is 14.3 Å². The monoisotopic (exact) mass is 518 g/mol. The lowest BCUT2D eigenvalue weighted by Gasteiger charge is -2.38. The lowest BCUT2D eigenvalue weighted by molar-refractivity contribution is -0.136. The van der Waals surface area contributed by atoms with Crippen LogP contribution in [0, 0.1) is 5.92 Å². The summed E-state index contributed by atoms with van der Waals surface area (Å²) in [5.41, 5.74) is 3.22. The Bertz CT molecular complexity index is 1140. The Kier molecular flexibility index (Phi) is 7.91. The number of carbonyl (C=O) groups is 2. The average molecular weight is 519 g/mol. The fraction of sp³-hybridized carbons (Fsp3) is 0.581. The molecule has 7 nitrogen and oxygen atoms in total. The fourth-order valence-corrected chi connectivity index (χ4v) is 6.34. The zero-order valence-electron chi connectivity index (χ0n) is 23.1. The van der Waals surface area contributed by atoms with E-state index in [1.165, 1.54) is 23.2 Å². The van der Waals surface area contributed by atoms with Crippen molar-refractivity contribution in [2.75, 3.05) is 24.5 Å². The molecule has 1 aromatic carbocycles. The SMILES string of the molecule is CC(C)(C)OC(=O)N[C@H](C(=O)N1CCC[C@@H](c2ccnc(N3CCc4ccccc43)c2)C1)C1CCCCC1. The van der Waals surface area contributed by atoms with Crippen molar-refractivity contribution in [1.82, 2.24) is 15.2 Å². The minimum absolute atomic E-state index is 0.0372. The largest absolute Gasteiger partial charge is 0.444 e. The van der Waals surface area contributed by atoms with Crippen molar-refractivity contribution in [3.63, 3.8) is 0 Å². The zero-order valence-corrected chi connectivity index (χ0v) is 23.1. The molecule has 3 heterocycles. The van der Waals surface area contributed by atoms with Crippen LogP contribution in [-0.4, -0.2) is 53.2 Å². The number of nitrogens with one attached hydrogen (secondary N) is 1. The van der Waals surface area contributed by atoms with Gasteiger partial charge in [0.15, 0.2) is 0 Å². The van der Waals surface area contributed by atoms with Gasteiger partial charge in [0.05, 0.1) is 0 Å². The maximum atomic E-state index is 13.9. The first-order valence-electron chi connectivity index (χ1n) is 14.4. The normalized spacial score (nSPS) is 21.1. The molecule has 38 heavy (non-hydrogen) atoms.